The lowest BCUT2D eigenvalue weighted by Gasteiger charge is -2.34. The lowest BCUT2D eigenvalue weighted by molar-refractivity contribution is 0.123. The van der Waals surface area contributed by atoms with Crippen LogP contribution in [0.15, 0.2) is 78.1 Å². The molecule has 266 valence electrons. The van der Waals surface area contributed by atoms with Crippen LogP contribution < -0.4 is 20.3 Å². The molecule has 3 atom stereocenters. The molecule has 1 saturated carbocycles. The van der Waals surface area contributed by atoms with E-state index in [1.807, 2.05) is 24.3 Å². The van der Waals surface area contributed by atoms with Gasteiger partial charge < -0.3 is 25.4 Å². The summed E-state index contributed by atoms with van der Waals surface area (Å²) in [5, 5.41) is 24.0. The van der Waals surface area contributed by atoms with Crippen LogP contribution in [0.3, 0.4) is 0 Å². The molecule has 13 nitrogen and oxygen atoms in total. The fourth-order valence-electron chi connectivity index (χ4n) is 7.12. The van der Waals surface area contributed by atoms with Gasteiger partial charge in [-0.05, 0) is 55.3 Å². The van der Waals surface area contributed by atoms with Gasteiger partial charge in [-0.1, -0.05) is 48.0 Å². The monoisotopic (exact) mass is 741 g/mol. The number of piperazine rings is 1. The Kier molecular flexibility index (Phi) is 8.17. The first-order valence-electron chi connectivity index (χ1n) is 17.1. The maximum absolute atomic E-state index is 16.7. The summed E-state index contributed by atoms with van der Waals surface area (Å²) in [6.07, 6.45) is 5.45. The molecule has 2 saturated heterocycles. The van der Waals surface area contributed by atoms with E-state index in [2.05, 4.69) is 35.6 Å². The summed E-state index contributed by atoms with van der Waals surface area (Å²) in [7, 11) is -4.01. The molecule has 0 spiro atoms. The van der Waals surface area contributed by atoms with Gasteiger partial charge in [0.05, 0.1) is 10.3 Å². The SMILES string of the molecule is O=S(=O)(c1cccc(NC(O)COc2nc(N3CC4CCC(C3)N4)c3cnc(-c4cccc5cccc(Cl)c45)c(F)c3n2)c1)n1cnc(C2CC2)n1. The van der Waals surface area contributed by atoms with Gasteiger partial charge in [-0.3, -0.25) is 4.98 Å². The van der Waals surface area contributed by atoms with Crippen LogP contribution in [-0.4, -0.2) is 80.7 Å². The summed E-state index contributed by atoms with van der Waals surface area (Å²) in [4.78, 5) is 20.0. The zero-order valence-corrected chi connectivity index (χ0v) is 29.2. The van der Waals surface area contributed by atoms with Gasteiger partial charge in [0.15, 0.2) is 17.9 Å². The molecule has 6 aromatic rings. The second-order valence-corrected chi connectivity index (χ2v) is 15.7. The highest BCUT2D eigenvalue weighted by atomic mass is 35.5. The fourth-order valence-corrected chi connectivity index (χ4v) is 8.51. The minimum absolute atomic E-state index is 0.0262. The normalized spacial score (nSPS) is 19.3. The van der Waals surface area contributed by atoms with Gasteiger partial charge in [0, 0.05) is 58.9 Å². The van der Waals surface area contributed by atoms with Crippen LogP contribution in [0.2, 0.25) is 5.02 Å². The molecular formula is C36H33ClFN9O4S. The smallest absolute Gasteiger partial charge is 0.319 e. The number of ether oxygens (including phenoxy) is 1. The minimum atomic E-state index is -4.01. The third kappa shape index (κ3) is 6.06. The second-order valence-electron chi connectivity index (χ2n) is 13.5. The first kappa shape index (κ1) is 32.9. The van der Waals surface area contributed by atoms with Crippen LogP contribution in [0.1, 0.15) is 37.4 Å². The van der Waals surface area contributed by atoms with Crippen LogP contribution >= 0.6 is 11.6 Å². The van der Waals surface area contributed by atoms with Crippen molar-refractivity contribution >= 4 is 54.8 Å². The van der Waals surface area contributed by atoms with Gasteiger partial charge in [0.1, 0.15) is 30.0 Å². The van der Waals surface area contributed by atoms with Crippen molar-refractivity contribution in [3.8, 4) is 17.3 Å². The molecule has 3 aromatic carbocycles. The molecule has 3 unspecified atom stereocenters. The molecule has 0 amide bonds. The van der Waals surface area contributed by atoms with E-state index in [0.717, 1.165) is 35.2 Å². The molecule has 1 aliphatic carbocycles. The van der Waals surface area contributed by atoms with E-state index < -0.39 is 22.1 Å². The van der Waals surface area contributed by atoms with E-state index in [1.54, 1.807) is 30.5 Å². The summed E-state index contributed by atoms with van der Waals surface area (Å²) in [5.74, 6) is 0.558. The number of aliphatic hydroxyl groups is 1. The van der Waals surface area contributed by atoms with Crippen molar-refractivity contribution in [2.45, 2.75) is 54.8 Å². The number of nitrogens with one attached hydrogen (secondary N) is 2. The van der Waals surface area contributed by atoms with Gasteiger partial charge >= 0.3 is 6.01 Å². The van der Waals surface area contributed by atoms with Crippen LogP contribution in [0.5, 0.6) is 6.01 Å². The summed E-state index contributed by atoms with van der Waals surface area (Å²) in [6.45, 7) is 1.01. The largest absolute Gasteiger partial charge is 0.459 e. The predicted molar refractivity (Wildman–Crippen MR) is 194 cm³/mol. The lowest BCUT2D eigenvalue weighted by atomic mass is 10.0. The molecule has 9 rings (SSSR count). The number of aromatic nitrogens is 6. The quantitative estimate of drug-likeness (QED) is 0.160. The number of hydrogen-bond acceptors (Lipinski definition) is 12. The van der Waals surface area contributed by atoms with E-state index in [1.165, 1.54) is 18.5 Å². The Balaban J connectivity index is 1.01. The predicted octanol–water partition coefficient (Wildman–Crippen LogP) is 5.09. The molecule has 3 fully saturated rings. The molecule has 3 aliphatic rings. The van der Waals surface area contributed by atoms with E-state index in [0.29, 0.717) is 51.8 Å². The number of halogens is 2. The first-order valence-corrected chi connectivity index (χ1v) is 18.9. The van der Waals surface area contributed by atoms with Crippen molar-refractivity contribution < 1.29 is 22.7 Å². The minimum Gasteiger partial charge on any atom is -0.459 e. The van der Waals surface area contributed by atoms with Crippen molar-refractivity contribution in [1.29, 1.82) is 0 Å². The van der Waals surface area contributed by atoms with Crippen molar-refractivity contribution in [1.82, 2.24) is 34.4 Å². The number of nitrogens with zero attached hydrogens (tertiary/aromatic N) is 7. The Labute approximate surface area is 302 Å². The van der Waals surface area contributed by atoms with Gasteiger partial charge in [-0.2, -0.15) is 18.4 Å². The molecule has 52 heavy (non-hydrogen) atoms. The molecule has 3 aromatic heterocycles. The average Bonchev–Trinajstić information content (AvgIpc) is 3.77. The highest BCUT2D eigenvalue weighted by Gasteiger charge is 2.34. The van der Waals surface area contributed by atoms with E-state index in [9.17, 15) is 13.5 Å². The number of anilines is 2. The van der Waals surface area contributed by atoms with E-state index in [-0.39, 0.29) is 46.7 Å². The van der Waals surface area contributed by atoms with Crippen molar-refractivity contribution in [3.63, 3.8) is 0 Å². The van der Waals surface area contributed by atoms with Crippen LogP contribution in [0.25, 0.3) is 32.9 Å². The molecule has 16 heteroatoms. The number of hydrogen-bond donors (Lipinski definition) is 3. The molecule has 2 aliphatic heterocycles. The van der Waals surface area contributed by atoms with Gasteiger partial charge in [-0.25, -0.2) is 9.37 Å². The maximum atomic E-state index is 16.7. The highest BCUT2D eigenvalue weighted by molar-refractivity contribution is 7.89. The second kappa shape index (κ2) is 12.9. The fraction of sp³-hybridized carbons (Fsp3) is 0.306. The van der Waals surface area contributed by atoms with Crippen molar-refractivity contribution in [3.05, 3.63) is 89.9 Å². The highest BCUT2D eigenvalue weighted by Crippen LogP contribution is 2.39. The number of fused-ring (bicyclic) bond motifs is 4. The summed E-state index contributed by atoms with van der Waals surface area (Å²) >= 11 is 6.59. The van der Waals surface area contributed by atoms with Gasteiger partial charge in [0.25, 0.3) is 10.0 Å². The Morgan fingerprint density at radius 2 is 1.79 bits per heavy atom. The molecular weight excluding hydrogens is 709 g/mol. The molecule has 2 bridgehead atoms. The first-order chi connectivity index (χ1) is 25.2. The summed E-state index contributed by atoms with van der Waals surface area (Å²) < 4.78 is 50.0. The van der Waals surface area contributed by atoms with E-state index >= 15 is 4.39 Å². The number of benzene rings is 3. The third-order valence-corrected chi connectivity index (χ3v) is 11.6. The van der Waals surface area contributed by atoms with Crippen molar-refractivity contribution in [2.24, 2.45) is 0 Å². The summed E-state index contributed by atoms with van der Waals surface area (Å²) in [6, 6.07) is 17.4. The van der Waals surface area contributed by atoms with Crippen LogP contribution in [0.4, 0.5) is 15.9 Å². The summed E-state index contributed by atoms with van der Waals surface area (Å²) in [5.41, 5.74) is 0.972. The Bertz CT molecular complexity index is 2450. The number of aliphatic hydroxyl groups excluding tert-OH is 1. The number of pyridine rings is 1. The molecule has 3 N–H and O–H groups in total. The Morgan fingerprint density at radius 3 is 2.58 bits per heavy atom. The van der Waals surface area contributed by atoms with Crippen LogP contribution in [-0.2, 0) is 10.0 Å². The maximum Gasteiger partial charge on any atom is 0.319 e. The third-order valence-electron chi connectivity index (χ3n) is 9.78. The molecule has 0 radical (unpaired) electrons. The van der Waals surface area contributed by atoms with Crippen molar-refractivity contribution in [2.75, 3.05) is 29.9 Å². The zero-order chi connectivity index (χ0) is 35.6. The Morgan fingerprint density at radius 1 is 1.02 bits per heavy atom. The zero-order valence-electron chi connectivity index (χ0n) is 27.7. The molecule has 5 heterocycles. The average molecular weight is 742 g/mol. The van der Waals surface area contributed by atoms with E-state index in [4.69, 9.17) is 21.3 Å². The lowest BCUT2D eigenvalue weighted by Crippen LogP contribution is -2.51. The van der Waals surface area contributed by atoms with Gasteiger partial charge in [-0.15, -0.1) is 9.19 Å². The van der Waals surface area contributed by atoms with Crippen LogP contribution in [0, 0.1) is 5.82 Å². The number of rotatable bonds is 10. The topological polar surface area (TPSA) is 160 Å². The van der Waals surface area contributed by atoms with Gasteiger partial charge in [0.2, 0.25) is 0 Å². The Hall–Kier alpha value is -4.96. The standard InChI is InChI=1S/C36H33ClFN9O4S/c37-28-9-2-5-20-4-1-8-26(30(20)28)32-31(38)33-27(15-39-32)35(46-16-23-12-13-24(17-46)41-23)44-36(43-33)51-18-29(48)42-22-6-3-7-25(14-22)52(49,50)47-19-40-34(45-47)21-10-11-21/h1-9,14-15,19,21,23-24,29,41-42,48H,10-13,16-18H2.